The van der Waals surface area contributed by atoms with Crippen molar-refractivity contribution in [3.63, 3.8) is 0 Å². The highest BCUT2D eigenvalue weighted by Crippen LogP contribution is 2.31. The van der Waals surface area contributed by atoms with Gasteiger partial charge in [0, 0.05) is 11.8 Å². The van der Waals surface area contributed by atoms with E-state index in [1.165, 1.54) is 12.1 Å². The molecule has 0 aliphatic carbocycles. The summed E-state index contributed by atoms with van der Waals surface area (Å²) < 4.78 is 40.5. The van der Waals surface area contributed by atoms with Crippen LogP contribution in [0.3, 0.4) is 0 Å². The van der Waals surface area contributed by atoms with E-state index in [1.807, 2.05) is 0 Å². The van der Waals surface area contributed by atoms with Crippen molar-refractivity contribution < 1.29 is 27.9 Å². The summed E-state index contributed by atoms with van der Waals surface area (Å²) >= 11 is -0.260. The van der Waals surface area contributed by atoms with E-state index < -0.39 is 10.4 Å². The van der Waals surface area contributed by atoms with Crippen molar-refractivity contribution in [2.24, 2.45) is 0 Å². The standard InChI is InChI=1S/C10H10F3NO4S/c11-10(12,13)19-4-3-18-9-2-1-7(6-15)5-8(9)14(16)17/h1-2,5,15H,3-4,6H2. The Hall–Kier alpha value is -1.48. The van der Waals surface area contributed by atoms with Crippen LogP contribution in [-0.4, -0.2) is 27.9 Å². The summed E-state index contributed by atoms with van der Waals surface area (Å²) in [5, 5.41) is 19.6. The SMILES string of the molecule is O=[N+]([O-])c1cc(CO)ccc1OCCSC(F)(F)F. The van der Waals surface area contributed by atoms with Crippen LogP contribution in [0.15, 0.2) is 18.2 Å². The molecule has 1 N–H and O–H groups in total. The summed E-state index contributed by atoms with van der Waals surface area (Å²) in [6.07, 6.45) is 0. The minimum Gasteiger partial charge on any atom is -0.486 e. The highest BCUT2D eigenvalue weighted by atomic mass is 32.2. The maximum atomic E-state index is 11.9. The minimum atomic E-state index is -4.35. The molecule has 0 saturated heterocycles. The van der Waals surface area contributed by atoms with Gasteiger partial charge in [-0.25, -0.2) is 0 Å². The van der Waals surface area contributed by atoms with E-state index in [0.717, 1.165) is 6.07 Å². The number of hydrogen-bond acceptors (Lipinski definition) is 5. The van der Waals surface area contributed by atoms with Crippen LogP contribution in [0, 0.1) is 10.1 Å². The molecule has 0 heterocycles. The number of ether oxygens (including phenoxy) is 1. The Morgan fingerprint density at radius 1 is 1.42 bits per heavy atom. The van der Waals surface area contributed by atoms with Crippen molar-refractivity contribution in [2.45, 2.75) is 12.1 Å². The van der Waals surface area contributed by atoms with E-state index in [9.17, 15) is 23.3 Å². The Labute approximate surface area is 110 Å². The molecular weight excluding hydrogens is 287 g/mol. The van der Waals surface area contributed by atoms with E-state index in [4.69, 9.17) is 9.84 Å². The summed E-state index contributed by atoms with van der Waals surface area (Å²) in [4.78, 5) is 10.0. The Balaban J connectivity index is 2.65. The van der Waals surface area contributed by atoms with Crippen LogP contribution in [0.25, 0.3) is 0 Å². The number of alkyl halides is 3. The number of aliphatic hydroxyl groups excluding tert-OH is 1. The van der Waals surface area contributed by atoms with Crippen LogP contribution in [0.4, 0.5) is 18.9 Å². The van der Waals surface area contributed by atoms with E-state index >= 15 is 0 Å². The molecule has 106 valence electrons. The van der Waals surface area contributed by atoms with Crippen LogP contribution >= 0.6 is 11.8 Å². The van der Waals surface area contributed by atoms with Gasteiger partial charge in [0.1, 0.15) is 0 Å². The number of halogens is 3. The van der Waals surface area contributed by atoms with Crippen molar-refractivity contribution in [3.8, 4) is 5.75 Å². The predicted octanol–water partition coefficient (Wildman–Crippen LogP) is 2.72. The van der Waals surface area contributed by atoms with Gasteiger partial charge in [0.15, 0.2) is 5.75 Å². The second-order valence-corrected chi connectivity index (χ2v) is 4.52. The lowest BCUT2D eigenvalue weighted by atomic mass is 10.2. The summed E-state index contributed by atoms with van der Waals surface area (Å²) in [7, 11) is 0. The van der Waals surface area contributed by atoms with Crippen LogP contribution in [0.5, 0.6) is 5.75 Å². The molecule has 1 aromatic carbocycles. The quantitative estimate of drug-likeness (QED) is 0.496. The molecule has 0 radical (unpaired) electrons. The number of thioether (sulfide) groups is 1. The molecule has 0 atom stereocenters. The molecule has 19 heavy (non-hydrogen) atoms. The molecule has 0 amide bonds. The van der Waals surface area contributed by atoms with Crippen molar-refractivity contribution in [1.29, 1.82) is 0 Å². The van der Waals surface area contributed by atoms with E-state index in [2.05, 4.69) is 0 Å². The molecule has 1 rings (SSSR count). The zero-order valence-electron chi connectivity index (χ0n) is 9.51. The number of benzene rings is 1. The fourth-order valence-electron chi connectivity index (χ4n) is 1.24. The van der Waals surface area contributed by atoms with E-state index in [1.54, 1.807) is 0 Å². The van der Waals surface area contributed by atoms with Crippen LogP contribution < -0.4 is 4.74 Å². The Morgan fingerprint density at radius 2 is 2.11 bits per heavy atom. The summed E-state index contributed by atoms with van der Waals surface area (Å²) in [5.74, 6) is -0.479. The Morgan fingerprint density at radius 3 is 2.63 bits per heavy atom. The number of aliphatic hydroxyl groups is 1. The van der Waals surface area contributed by atoms with Crippen molar-refractivity contribution in [2.75, 3.05) is 12.4 Å². The van der Waals surface area contributed by atoms with Gasteiger partial charge in [0.2, 0.25) is 0 Å². The molecule has 9 heteroatoms. The number of nitro benzene ring substituents is 1. The van der Waals surface area contributed by atoms with Gasteiger partial charge in [-0.2, -0.15) is 13.2 Å². The summed E-state index contributed by atoms with van der Waals surface area (Å²) in [5.41, 5.74) is -4.41. The lowest BCUT2D eigenvalue weighted by molar-refractivity contribution is -0.385. The third-order valence-corrected chi connectivity index (χ3v) is 2.71. The largest absolute Gasteiger partial charge is 0.486 e. The zero-order valence-corrected chi connectivity index (χ0v) is 10.3. The lowest BCUT2D eigenvalue weighted by Crippen LogP contribution is -2.08. The minimum absolute atomic E-state index is 0.120. The van der Waals surface area contributed by atoms with Gasteiger partial charge in [-0.3, -0.25) is 10.1 Å². The van der Waals surface area contributed by atoms with Gasteiger partial charge in [-0.15, -0.1) is 0 Å². The van der Waals surface area contributed by atoms with E-state index in [-0.39, 0.29) is 42.2 Å². The van der Waals surface area contributed by atoms with Crippen molar-refractivity contribution in [1.82, 2.24) is 0 Å². The Kier molecular flexibility index (Phi) is 5.43. The zero-order chi connectivity index (χ0) is 14.5. The number of rotatable bonds is 6. The molecule has 1 aromatic rings. The third-order valence-electron chi connectivity index (χ3n) is 2.01. The van der Waals surface area contributed by atoms with Gasteiger partial charge >= 0.3 is 11.2 Å². The number of nitrogens with zero attached hydrogens (tertiary/aromatic N) is 1. The normalized spacial score (nSPS) is 11.4. The summed E-state index contributed by atoms with van der Waals surface area (Å²) in [6.45, 7) is -0.672. The molecule has 0 spiro atoms. The molecule has 0 aliphatic rings. The molecular formula is C10H10F3NO4S. The fraction of sp³-hybridized carbons (Fsp3) is 0.400. The molecule has 5 nitrogen and oxygen atoms in total. The monoisotopic (exact) mass is 297 g/mol. The third kappa shape index (κ3) is 5.35. The first-order chi connectivity index (χ1) is 8.83. The topological polar surface area (TPSA) is 72.6 Å². The second kappa shape index (κ2) is 6.62. The maximum absolute atomic E-state index is 11.9. The lowest BCUT2D eigenvalue weighted by Gasteiger charge is -2.08. The summed E-state index contributed by atoms with van der Waals surface area (Å²) in [6, 6.07) is 3.77. The molecule has 0 aromatic heterocycles. The predicted molar refractivity (Wildman–Crippen MR) is 63.0 cm³/mol. The molecule has 0 bridgehead atoms. The molecule has 0 saturated carbocycles. The Bertz CT molecular complexity index is 453. The van der Waals surface area contributed by atoms with Gasteiger partial charge < -0.3 is 9.84 Å². The second-order valence-electron chi connectivity index (χ2n) is 3.36. The van der Waals surface area contributed by atoms with Crippen molar-refractivity contribution >= 4 is 17.4 Å². The first-order valence-corrected chi connectivity index (χ1v) is 6.03. The molecule has 0 aliphatic heterocycles. The first-order valence-electron chi connectivity index (χ1n) is 5.05. The number of hydrogen-bond donors (Lipinski definition) is 1. The maximum Gasteiger partial charge on any atom is 0.441 e. The number of nitro groups is 1. The highest BCUT2D eigenvalue weighted by Gasteiger charge is 2.27. The molecule has 0 unspecified atom stereocenters. The average molecular weight is 297 g/mol. The highest BCUT2D eigenvalue weighted by molar-refractivity contribution is 8.00. The van der Waals surface area contributed by atoms with Crippen molar-refractivity contribution in [3.05, 3.63) is 33.9 Å². The van der Waals surface area contributed by atoms with Gasteiger partial charge in [-0.05, 0) is 23.4 Å². The molecule has 0 fully saturated rings. The average Bonchev–Trinajstić information content (AvgIpc) is 2.33. The fourth-order valence-corrected chi connectivity index (χ4v) is 1.63. The van der Waals surface area contributed by atoms with Crippen LogP contribution in [0.2, 0.25) is 0 Å². The van der Waals surface area contributed by atoms with Gasteiger partial charge in [-0.1, -0.05) is 6.07 Å². The van der Waals surface area contributed by atoms with Gasteiger partial charge in [0.25, 0.3) is 0 Å². The van der Waals surface area contributed by atoms with Gasteiger partial charge in [0.05, 0.1) is 18.1 Å². The van der Waals surface area contributed by atoms with E-state index in [0.29, 0.717) is 5.56 Å². The van der Waals surface area contributed by atoms with Crippen LogP contribution in [-0.2, 0) is 6.61 Å². The first kappa shape index (κ1) is 15.6. The van der Waals surface area contributed by atoms with Crippen LogP contribution in [0.1, 0.15) is 5.56 Å². The smallest absolute Gasteiger partial charge is 0.441 e.